The summed E-state index contributed by atoms with van der Waals surface area (Å²) in [5.41, 5.74) is 2.51. The zero-order chi connectivity index (χ0) is 19.1. The molecule has 0 bridgehead atoms. The number of nitrogens with one attached hydrogen (secondary N) is 2. The number of halogens is 1. The largest absolute Gasteiger partial charge is 0.326 e. The van der Waals surface area contributed by atoms with Crippen LogP contribution in [0.4, 0.5) is 15.8 Å². The van der Waals surface area contributed by atoms with Crippen LogP contribution in [0.2, 0.25) is 0 Å². The first kappa shape index (κ1) is 19.6. The van der Waals surface area contributed by atoms with Gasteiger partial charge in [0.1, 0.15) is 5.82 Å². The summed E-state index contributed by atoms with van der Waals surface area (Å²) in [5, 5.41) is 5.56. The SMILES string of the molecule is CC(C)c1ccc(NC(=O)C[C@@H](C)CC(=O)Nc2ccc(F)cc2)cc1. The average Bonchev–Trinajstić information content (AvgIpc) is 2.57. The normalized spacial score (nSPS) is 11.9. The van der Waals surface area contributed by atoms with E-state index in [4.69, 9.17) is 0 Å². The zero-order valence-electron chi connectivity index (χ0n) is 15.4. The minimum Gasteiger partial charge on any atom is -0.326 e. The summed E-state index contributed by atoms with van der Waals surface area (Å²) in [7, 11) is 0. The number of hydrogen-bond donors (Lipinski definition) is 2. The van der Waals surface area contributed by atoms with Crippen molar-refractivity contribution in [3.05, 3.63) is 59.9 Å². The van der Waals surface area contributed by atoms with Crippen molar-refractivity contribution in [1.82, 2.24) is 0 Å². The molecule has 138 valence electrons. The van der Waals surface area contributed by atoms with Gasteiger partial charge in [-0.05, 0) is 53.8 Å². The summed E-state index contributed by atoms with van der Waals surface area (Å²) in [6.45, 7) is 6.09. The summed E-state index contributed by atoms with van der Waals surface area (Å²) in [5.74, 6) is -0.332. The number of hydrogen-bond acceptors (Lipinski definition) is 2. The number of amides is 2. The first-order chi connectivity index (χ1) is 12.3. The molecule has 0 aliphatic rings. The molecule has 26 heavy (non-hydrogen) atoms. The second-order valence-corrected chi connectivity index (χ2v) is 6.89. The average molecular weight is 356 g/mol. The third-order valence-electron chi connectivity index (χ3n) is 4.06. The van der Waals surface area contributed by atoms with E-state index in [0.29, 0.717) is 11.6 Å². The van der Waals surface area contributed by atoms with E-state index in [9.17, 15) is 14.0 Å². The van der Waals surface area contributed by atoms with Gasteiger partial charge in [0, 0.05) is 24.2 Å². The molecule has 0 fully saturated rings. The number of benzene rings is 2. The number of carbonyl (C=O) groups is 2. The highest BCUT2D eigenvalue weighted by atomic mass is 19.1. The van der Waals surface area contributed by atoms with Gasteiger partial charge in [-0.15, -0.1) is 0 Å². The molecule has 0 heterocycles. The lowest BCUT2D eigenvalue weighted by Gasteiger charge is -2.13. The Morgan fingerprint density at radius 2 is 1.23 bits per heavy atom. The molecule has 1 atom stereocenters. The van der Waals surface area contributed by atoms with E-state index in [2.05, 4.69) is 24.5 Å². The summed E-state index contributed by atoms with van der Waals surface area (Å²) < 4.78 is 12.9. The minimum absolute atomic E-state index is 0.106. The molecule has 0 radical (unpaired) electrons. The second-order valence-electron chi connectivity index (χ2n) is 6.89. The molecule has 2 aromatic rings. The third kappa shape index (κ3) is 6.31. The number of carbonyl (C=O) groups excluding carboxylic acids is 2. The monoisotopic (exact) mass is 356 g/mol. The van der Waals surface area contributed by atoms with Crippen molar-refractivity contribution in [2.75, 3.05) is 10.6 Å². The molecule has 4 nitrogen and oxygen atoms in total. The first-order valence-corrected chi connectivity index (χ1v) is 8.78. The molecule has 2 amide bonds. The van der Waals surface area contributed by atoms with E-state index >= 15 is 0 Å². The molecular weight excluding hydrogens is 331 g/mol. The summed E-state index contributed by atoms with van der Waals surface area (Å²) in [6, 6.07) is 13.4. The van der Waals surface area contributed by atoms with Crippen LogP contribution in [0.1, 0.15) is 45.1 Å². The smallest absolute Gasteiger partial charge is 0.224 e. The quantitative estimate of drug-likeness (QED) is 0.738. The van der Waals surface area contributed by atoms with Gasteiger partial charge in [0.2, 0.25) is 11.8 Å². The zero-order valence-corrected chi connectivity index (χ0v) is 15.4. The maximum Gasteiger partial charge on any atom is 0.224 e. The first-order valence-electron chi connectivity index (χ1n) is 8.78. The summed E-state index contributed by atoms with van der Waals surface area (Å²) in [6.07, 6.45) is 0.472. The van der Waals surface area contributed by atoms with E-state index in [0.717, 1.165) is 5.69 Å². The predicted molar refractivity (Wildman–Crippen MR) is 103 cm³/mol. The third-order valence-corrected chi connectivity index (χ3v) is 4.06. The molecule has 2 N–H and O–H groups in total. The van der Waals surface area contributed by atoms with Crippen LogP contribution >= 0.6 is 0 Å². The Bertz CT molecular complexity index is 740. The predicted octanol–water partition coefficient (Wildman–Crippen LogP) is 4.94. The van der Waals surface area contributed by atoms with Gasteiger partial charge in [-0.1, -0.05) is 32.9 Å². The molecule has 0 aliphatic carbocycles. The van der Waals surface area contributed by atoms with E-state index < -0.39 is 0 Å². The van der Waals surface area contributed by atoms with Crippen LogP contribution in [0.15, 0.2) is 48.5 Å². The molecule has 0 unspecified atom stereocenters. The Kier molecular flexibility index (Phi) is 6.89. The van der Waals surface area contributed by atoms with Crippen molar-refractivity contribution in [3.8, 4) is 0 Å². The number of rotatable bonds is 7. The fraction of sp³-hybridized carbons (Fsp3) is 0.333. The van der Waals surface area contributed by atoms with Gasteiger partial charge in [-0.3, -0.25) is 9.59 Å². The van der Waals surface area contributed by atoms with E-state index in [1.54, 1.807) is 0 Å². The number of anilines is 2. The van der Waals surface area contributed by atoms with Crippen LogP contribution in [0, 0.1) is 11.7 Å². The van der Waals surface area contributed by atoms with Crippen molar-refractivity contribution in [2.45, 2.75) is 39.5 Å². The highest BCUT2D eigenvalue weighted by Crippen LogP contribution is 2.18. The van der Waals surface area contributed by atoms with Crippen LogP contribution < -0.4 is 10.6 Å². The van der Waals surface area contributed by atoms with Gasteiger partial charge >= 0.3 is 0 Å². The summed E-state index contributed by atoms with van der Waals surface area (Å²) in [4.78, 5) is 24.1. The highest BCUT2D eigenvalue weighted by Gasteiger charge is 2.14. The van der Waals surface area contributed by atoms with Gasteiger partial charge in [-0.25, -0.2) is 4.39 Å². The fourth-order valence-electron chi connectivity index (χ4n) is 2.61. The second kappa shape index (κ2) is 9.13. The maximum absolute atomic E-state index is 12.9. The Balaban J connectivity index is 1.78. The van der Waals surface area contributed by atoms with Crippen molar-refractivity contribution >= 4 is 23.2 Å². The van der Waals surface area contributed by atoms with E-state index in [1.165, 1.54) is 29.8 Å². The Labute approximate surface area is 153 Å². The van der Waals surface area contributed by atoms with E-state index in [1.807, 2.05) is 31.2 Å². The van der Waals surface area contributed by atoms with Crippen LogP contribution in [-0.2, 0) is 9.59 Å². The highest BCUT2D eigenvalue weighted by molar-refractivity contribution is 5.93. The topological polar surface area (TPSA) is 58.2 Å². The standard InChI is InChI=1S/C21H25FN2O2/c1-14(2)16-4-8-18(9-5-16)23-20(25)12-15(3)13-21(26)24-19-10-6-17(22)7-11-19/h4-11,14-15H,12-13H2,1-3H3,(H,23,25)(H,24,26)/t15-/m1/s1. The van der Waals surface area contributed by atoms with Crippen molar-refractivity contribution in [1.29, 1.82) is 0 Å². The van der Waals surface area contributed by atoms with Gasteiger partial charge in [0.05, 0.1) is 0 Å². The molecule has 0 saturated carbocycles. The van der Waals surface area contributed by atoms with E-state index in [-0.39, 0.29) is 36.4 Å². The molecule has 0 aliphatic heterocycles. The Hall–Kier alpha value is -2.69. The van der Waals surface area contributed by atoms with Crippen LogP contribution in [-0.4, -0.2) is 11.8 Å². The Morgan fingerprint density at radius 1 is 0.808 bits per heavy atom. The Morgan fingerprint density at radius 3 is 1.65 bits per heavy atom. The van der Waals surface area contributed by atoms with Crippen LogP contribution in [0.5, 0.6) is 0 Å². The molecule has 0 aromatic heterocycles. The van der Waals surface area contributed by atoms with Gasteiger partial charge in [-0.2, -0.15) is 0 Å². The van der Waals surface area contributed by atoms with Crippen LogP contribution in [0.25, 0.3) is 0 Å². The van der Waals surface area contributed by atoms with Crippen LogP contribution in [0.3, 0.4) is 0 Å². The maximum atomic E-state index is 12.9. The van der Waals surface area contributed by atoms with Crippen molar-refractivity contribution < 1.29 is 14.0 Å². The minimum atomic E-state index is -0.352. The van der Waals surface area contributed by atoms with Gasteiger partial charge in [0.25, 0.3) is 0 Å². The lowest BCUT2D eigenvalue weighted by Crippen LogP contribution is -2.20. The fourth-order valence-corrected chi connectivity index (χ4v) is 2.61. The lowest BCUT2D eigenvalue weighted by molar-refractivity contribution is -0.118. The molecule has 0 saturated heterocycles. The molecule has 0 spiro atoms. The molecular formula is C21H25FN2O2. The lowest BCUT2D eigenvalue weighted by atomic mass is 10.0. The molecule has 2 rings (SSSR count). The van der Waals surface area contributed by atoms with Gasteiger partial charge in [0.15, 0.2) is 0 Å². The molecule has 2 aromatic carbocycles. The summed E-state index contributed by atoms with van der Waals surface area (Å²) >= 11 is 0. The molecule has 5 heteroatoms. The van der Waals surface area contributed by atoms with Crippen molar-refractivity contribution in [3.63, 3.8) is 0 Å². The van der Waals surface area contributed by atoms with Gasteiger partial charge < -0.3 is 10.6 Å². The van der Waals surface area contributed by atoms with Crippen molar-refractivity contribution in [2.24, 2.45) is 5.92 Å².